The van der Waals surface area contributed by atoms with Gasteiger partial charge in [0.05, 0.1) is 21.5 Å². The lowest BCUT2D eigenvalue weighted by molar-refractivity contribution is -0.135. The standard InChI is InChI=1S/C25H27IN4O4/c1-15(2)22(29-25(32)33)24(31)30-12-6-9-20(30)23-27-14-19(28-23)16-10-11-18(26)21(13-16)34-17-7-4-3-5-8-17/h3-5,7-8,10-11,13-15,20,22,29H,6,9,12H2,1-2H3,(H,27,28)(H,32,33)/t20-,22-/m0/s1. The number of rotatable bonds is 7. The van der Waals surface area contributed by atoms with Crippen molar-refractivity contribution in [2.45, 2.75) is 38.8 Å². The summed E-state index contributed by atoms with van der Waals surface area (Å²) in [4.78, 5) is 34.1. The zero-order valence-electron chi connectivity index (χ0n) is 19.0. The Bertz CT molecular complexity index is 1160. The molecule has 8 nitrogen and oxygen atoms in total. The number of nitrogens with zero attached hydrogens (tertiary/aromatic N) is 2. The van der Waals surface area contributed by atoms with Crippen LogP contribution in [0.1, 0.15) is 38.6 Å². The molecular weight excluding hydrogens is 547 g/mol. The van der Waals surface area contributed by atoms with Crippen molar-refractivity contribution < 1.29 is 19.4 Å². The molecule has 9 heteroatoms. The number of ether oxygens (including phenoxy) is 1. The summed E-state index contributed by atoms with van der Waals surface area (Å²) in [6, 6.07) is 14.6. The summed E-state index contributed by atoms with van der Waals surface area (Å²) in [5.41, 5.74) is 1.75. The Kier molecular flexibility index (Phi) is 7.40. The van der Waals surface area contributed by atoms with Gasteiger partial charge in [-0.2, -0.15) is 0 Å². The lowest BCUT2D eigenvalue weighted by Crippen LogP contribution is -2.50. The van der Waals surface area contributed by atoms with Crippen molar-refractivity contribution in [3.63, 3.8) is 0 Å². The molecule has 0 radical (unpaired) electrons. The van der Waals surface area contributed by atoms with Gasteiger partial charge in [-0.15, -0.1) is 0 Å². The van der Waals surface area contributed by atoms with Crippen LogP contribution in [0.2, 0.25) is 0 Å². The average Bonchev–Trinajstić information content (AvgIpc) is 3.48. The van der Waals surface area contributed by atoms with Gasteiger partial charge in [0.15, 0.2) is 0 Å². The summed E-state index contributed by atoms with van der Waals surface area (Å²) in [6.07, 6.45) is 2.17. The highest BCUT2D eigenvalue weighted by Gasteiger charge is 2.37. The number of likely N-dealkylation sites (tertiary alicyclic amines) is 1. The lowest BCUT2D eigenvalue weighted by Gasteiger charge is -2.29. The molecule has 34 heavy (non-hydrogen) atoms. The monoisotopic (exact) mass is 574 g/mol. The SMILES string of the molecule is CC(C)[C@H](NC(=O)O)C(=O)N1CCC[C@H]1c1ncc(-c2ccc(I)c(Oc3ccccc3)c2)[nH]1. The number of hydrogen-bond acceptors (Lipinski definition) is 4. The van der Waals surface area contributed by atoms with Crippen LogP contribution in [-0.2, 0) is 4.79 Å². The molecule has 4 rings (SSSR count). The number of carbonyl (C=O) groups is 2. The Hall–Kier alpha value is -3.08. The van der Waals surface area contributed by atoms with Gasteiger partial charge in [-0.1, -0.05) is 38.1 Å². The van der Waals surface area contributed by atoms with E-state index in [4.69, 9.17) is 9.84 Å². The van der Waals surface area contributed by atoms with E-state index in [0.717, 1.165) is 39.2 Å². The Balaban J connectivity index is 1.55. The second-order valence-corrected chi connectivity index (χ2v) is 9.77. The third kappa shape index (κ3) is 5.35. The van der Waals surface area contributed by atoms with E-state index >= 15 is 0 Å². The van der Waals surface area contributed by atoms with Gasteiger partial charge < -0.3 is 25.0 Å². The van der Waals surface area contributed by atoms with E-state index in [2.05, 4.69) is 37.9 Å². The van der Waals surface area contributed by atoms with Gasteiger partial charge in [0, 0.05) is 12.1 Å². The molecule has 0 unspecified atom stereocenters. The van der Waals surface area contributed by atoms with Gasteiger partial charge in [-0.25, -0.2) is 9.78 Å². The van der Waals surface area contributed by atoms with E-state index in [1.807, 2.05) is 62.4 Å². The number of carbonyl (C=O) groups excluding carboxylic acids is 1. The molecule has 2 aromatic carbocycles. The normalized spacial score (nSPS) is 16.5. The maximum Gasteiger partial charge on any atom is 0.405 e. The first kappa shape index (κ1) is 24.1. The molecule has 1 aliphatic heterocycles. The molecule has 2 heterocycles. The Morgan fingerprint density at radius 2 is 2.00 bits per heavy atom. The van der Waals surface area contributed by atoms with Crippen LogP contribution in [0.4, 0.5) is 4.79 Å². The number of aromatic nitrogens is 2. The summed E-state index contributed by atoms with van der Waals surface area (Å²) in [7, 11) is 0. The van der Waals surface area contributed by atoms with E-state index in [0.29, 0.717) is 12.4 Å². The fourth-order valence-corrected chi connectivity index (χ4v) is 4.60. The molecule has 3 N–H and O–H groups in total. The Morgan fingerprint density at radius 3 is 2.71 bits per heavy atom. The number of hydrogen-bond donors (Lipinski definition) is 3. The molecular formula is C25H27IN4O4. The minimum Gasteiger partial charge on any atom is -0.465 e. The van der Waals surface area contributed by atoms with Crippen LogP contribution in [-0.4, -0.2) is 44.6 Å². The van der Waals surface area contributed by atoms with Gasteiger partial charge in [0.1, 0.15) is 23.4 Å². The molecule has 3 aromatic rings. The van der Waals surface area contributed by atoms with Gasteiger partial charge in [0.25, 0.3) is 0 Å². The Labute approximate surface area is 211 Å². The van der Waals surface area contributed by atoms with Gasteiger partial charge >= 0.3 is 6.09 Å². The number of imidazole rings is 1. The van der Waals surface area contributed by atoms with E-state index in [1.54, 1.807) is 11.1 Å². The summed E-state index contributed by atoms with van der Waals surface area (Å²) >= 11 is 2.25. The molecule has 2 atom stereocenters. The van der Waals surface area contributed by atoms with Crippen LogP contribution in [0.3, 0.4) is 0 Å². The third-order valence-electron chi connectivity index (χ3n) is 5.87. The summed E-state index contributed by atoms with van der Waals surface area (Å²) in [5, 5.41) is 11.5. The highest BCUT2D eigenvalue weighted by atomic mass is 127. The van der Waals surface area contributed by atoms with Crippen molar-refractivity contribution in [3.8, 4) is 22.8 Å². The number of para-hydroxylation sites is 1. The maximum atomic E-state index is 13.2. The van der Waals surface area contributed by atoms with Crippen molar-refractivity contribution >= 4 is 34.6 Å². The molecule has 0 bridgehead atoms. The quantitative estimate of drug-likeness (QED) is 0.327. The molecule has 0 aliphatic carbocycles. The van der Waals surface area contributed by atoms with Crippen molar-refractivity contribution in [1.82, 2.24) is 20.2 Å². The van der Waals surface area contributed by atoms with Crippen molar-refractivity contribution in [3.05, 3.63) is 64.1 Å². The summed E-state index contributed by atoms with van der Waals surface area (Å²) < 4.78 is 7.05. The maximum absolute atomic E-state index is 13.2. The molecule has 2 amide bonds. The highest BCUT2D eigenvalue weighted by molar-refractivity contribution is 14.1. The van der Waals surface area contributed by atoms with Crippen molar-refractivity contribution in [1.29, 1.82) is 0 Å². The minimum absolute atomic E-state index is 0.160. The van der Waals surface area contributed by atoms with Crippen LogP contribution in [0.15, 0.2) is 54.7 Å². The first-order valence-corrected chi connectivity index (χ1v) is 12.3. The zero-order chi connectivity index (χ0) is 24.2. The predicted molar refractivity (Wildman–Crippen MR) is 137 cm³/mol. The fourth-order valence-electron chi connectivity index (χ4n) is 4.16. The van der Waals surface area contributed by atoms with E-state index in [9.17, 15) is 9.59 Å². The van der Waals surface area contributed by atoms with Crippen molar-refractivity contribution in [2.75, 3.05) is 6.54 Å². The molecule has 0 spiro atoms. The fraction of sp³-hybridized carbons (Fsp3) is 0.320. The third-order valence-corrected chi connectivity index (χ3v) is 6.76. The van der Waals surface area contributed by atoms with Crippen LogP contribution in [0, 0.1) is 9.49 Å². The molecule has 1 fully saturated rings. The highest BCUT2D eigenvalue weighted by Crippen LogP contribution is 2.34. The summed E-state index contributed by atoms with van der Waals surface area (Å²) in [5.74, 6) is 1.83. The minimum atomic E-state index is -1.20. The number of H-pyrrole nitrogens is 1. The lowest BCUT2D eigenvalue weighted by atomic mass is 10.0. The van der Waals surface area contributed by atoms with E-state index in [-0.39, 0.29) is 17.9 Å². The van der Waals surface area contributed by atoms with Crippen LogP contribution in [0.25, 0.3) is 11.3 Å². The zero-order valence-corrected chi connectivity index (χ0v) is 21.2. The summed E-state index contributed by atoms with van der Waals surface area (Å²) in [6.45, 7) is 4.24. The average molecular weight is 574 g/mol. The number of carboxylic acid groups (broad SMARTS) is 1. The smallest absolute Gasteiger partial charge is 0.405 e. The second-order valence-electron chi connectivity index (χ2n) is 8.60. The van der Waals surface area contributed by atoms with Gasteiger partial charge in [0.2, 0.25) is 5.91 Å². The number of benzene rings is 2. The van der Waals surface area contributed by atoms with E-state index in [1.165, 1.54) is 0 Å². The van der Waals surface area contributed by atoms with Crippen LogP contribution >= 0.6 is 22.6 Å². The van der Waals surface area contributed by atoms with Gasteiger partial charge in [-0.05, 0) is 65.6 Å². The number of nitrogens with one attached hydrogen (secondary N) is 2. The molecule has 0 saturated carbocycles. The largest absolute Gasteiger partial charge is 0.465 e. The number of amides is 2. The molecule has 1 saturated heterocycles. The number of aromatic amines is 1. The molecule has 1 aromatic heterocycles. The molecule has 1 aliphatic rings. The van der Waals surface area contributed by atoms with Crippen LogP contribution < -0.4 is 10.1 Å². The number of halogens is 1. The topological polar surface area (TPSA) is 108 Å². The van der Waals surface area contributed by atoms with E-state index < -0.39 is 12.1 Å². The predicted octanol–water partition coefficient (Wildman–Crippen LogP) is 5.43. The van der Waals surface area contributed by atoms with Crippen molar-refractivity contribution in [2.24, 2.45) is 5.92 Å². The Morgan fingerprint density at radius 1 is 1.24 bits per heavy atom. The first-order chi connectivity index (χ1) is 16.3. The van der Waals surface area contributed by atoms with Gasteiger partial charge in [-0.3, -0.25) is 4.79 Å². The second kappa shape index (κ2) is 10.5. The van der Waals surface area contributed by atoms with Crippen LogP contribution in [0.5, 0.6) is 11.5 Å². The molecule has 178 valence electrons. The first-order valence-electron chi connectivity index (χ1n) is 11.2.